The minimum atomic E-state index is 0.431. The van der Waals surface area contributed by atoms with Crippen molar-refractivity contribution in [2.24, 2.45) is 7.05 Å². The molecule has 0 radical (unpaired) electrons. The Morgan fingerprint density at radius 1 is 1.29 bits per heavy atom. The minimum absolute atomic E-state index is 0.431. The zero-order valence-corrected chi connectivity index (χ0v) is 9.63. The van der Waals surface area contributed by atoms with Crippen LogP contribution in [0.5, 0.6) is 5.75 Å². The van der Waals surface area contributed by atoms with Crippen LogP contribution in [0.4, 0.5) is 0 Å². The van der Waals surface area contributed by atoms with Crippen LogP contribution in [0, 0.1) is 11.3 Å². The van der Waals surface area contributed by atoms with E-state index in [4.69, 9.17) is 10.00 Å². The molecular formula is C13H13N3O. The summed E-state index contributed by atoms with van der Waals surface area (Å²) in [5.74, 6) is 0.789. The number of nitrogens with zero attached hydrogens (tertiary/aromatic N) is 3. The standard InChI is InChI=1S/C13H13N3O/c1-16-9-7-12(15-16)10-17-13-4-2-11(3-5-13)6-8-14/h2-5,7,9H,6,10H2,1H3. The first-order chi connectivity index (χ1) is 8.28. The molecule has 1 aromatic heterocycles. The smallest absolute Gasteiger partial charge is 0.132 e. The maximum absolute atomic E-state index is 8.55. The van der Waals surface area contributed by atoms with Crippen molar-refractivity contribution in [3.63, 3.8) is 0 Å². The lowest BCUT2D eigenvalue weighted by Gasteiger charge is -2.04. The molecule has 0 saturated heterocycles. The van der Waals surface area contributed by atoms with Crippen LogP contribution in [-0.2, 0) is 20.1 Å². The van der Waals surface area contributed by atoms with Gasteiger partial charge < -0.3 is 4.74 Å². The van der Waals surface area contributed by atoms with E-state index in [1.165, 1.54) is 0 Å². The normalized spacial score (nSPS) is 9.88. The van der Waals surface area contributed by atoms with Gasteiger partial charge in [0.05, 0.1) is 18.2 Å². The summed E-state index contributed by atoms with van der Waals surface area (Å²) in [5, 5.41) is 12.8. The predicted molar refractivity (Wildman–Crippen MR) is 63.3 cm³/mol. The highest BCUT2D eigenvalue weighted by Crippen LogP contribution is 2.13. The second kappa shape index (κ2) is 5.17. The summed E-state index contributed by atoms with van der Waals surface area (Å²) in [6.07, 6.45) is 2.31. The van der Waals surface area contributed by atoms with Crippen LogP contribution in [0.3, 0.4) is 0 Å². The third kappa shape index (κ3) is 3.08. The van der Waals surface area contributed by atoms with E-state index in [1.807, 2.05) is 43.6 Å². The van der Waals surface area contributed by atoms with Crippen molar-refractivity contribution in [1.82, 2.24) is 9.78 Å². The number of benzene rings is 1. The summed E-state index contributed by atoms with van der Waals surface area (Å²) < 4.78 is 7.32. The van der Waals surface area contributed by atoms with E-state index in [0.717, 1.165) is 17.0 Å². The van der Waals surface area contributed by atoms with Crippen molar-refractivity contribution in [2.45, 2.75) is 13.0 Å². The van der Waals surface area contributed by atoms with Crippen LogP contribution in [0.15, 0.2) is 36.5 Å². The van der Waals surface area contributed by atoms with E-state index in [2.05, 4.69) is 11.2 Å². The quantitative estimate of drug-likeness (QED) is 0.803. The first-order valence-corrected chi connectivity index (χ1v) is 5.35. The summed E-state index contributed by atoms with van der Waals surface area (Å²) >= 11 is 0. The summed E-state index contributed by atoms with van der Waals surface area (Å²) in [5.41, 5.74) is 1.89. The van der Waals surface area contributed by atoms with E-state index in [0.29, 0.717) is 13.0 Å². The topological polar surface area (TPSA) is 50.8 Å². The molecule has 1 heterocycles. The molecule has 0 bridgehead atoms. The molecule has 17 heavy (non-hydrogen) atoms. The molecule has 0 atom stereocenters. The molecule has 86 valence electrons. The zero-order valence-electron chi connectivity index (χ0n) is 9.63. The van der Waals surface area contributed by atoms with E-state index in [9.17, 15) is 0 Å². The highest BCUT2D eigenvalue weighted by Gasteiger charge is 1.99. The van der Waals surface area contributed by atoms with Gasteiger partial charge in [-0.1, -0.05) is 12.1 Å². The SMILES string of the molecule is Cn1ccc(COc2ccc(CC#N)cc2)n1. The molecule has 4 heteroatoms. The van der Waals surface area contributed by atoms with Crippen LogP contribution in [0.1, 0.15) is 11.3 Å². The molecule has 0 amide bonds. The number of hydrogen-bond acceptors (Lipinski definition) is 3. The van der Waals surface area contributed by atoms with E-state index < -0.39 is 0 Å². The van der Waals surface area contributed by atoms with Gasteiger partial charge in [-0.3, -0.25) is 4.68 Å². The van der Waals surface area contributed by atoms with Crippen molar-refractivity contribution in [3.05, 3.63) is 47.8 Å². The summed E-state index contributed by atoms with van der Waals surface area (Å²) in [7, 11) is 1.88. The number of hydrogen-bond donors (Lipinski definition) is 0. The average Bonchev–Trinajstić information content (AvgIpc) is 2.75. The van der Waals surface area contributed by atoms with Gasteiger partial charge in [-0.25, -0.2) is 0 Å². The minimum Gasteiger partial charge on any atom is -0.487 e. The third-order valence-corrected chi connectivity index (χ3v) is 2.36. The number of nitriles is 1. The Balaban J connectivity index is 1.93. The Morgan fingerprint density at radius 3 is 2.65 bits per heavy atom. The van der Waals surface area contributed by atoms with Gasteiger partial charge in [0.25, 0.3) is 0 Å². The van der Waals surface area contributed by atoms with Gasteiger partial charge in [-0.15, -0.1) is 0 Å². The van der Waals surface area contributed by atoms with Gasteiger partial charge in [0, 0.05) is 13.2 Å². The second-order valence-corrected chi connectivity index (χ2v) is 3.75. The molecule has 0 aliphatic heterocycles. The fourth-order valence-corrected chi connectivity index (χ4v) is 1.49. The second-order valence-electron chi connectivity index (χ2n) is 3.75. The molecule has 0 spiro atoms. The number of aryl methyl sites for hydroxylation is 1. The van der Waals surface area contributed by atoms with Crippen molar-refractivity contribution in [3.8, 4) is 11.8 Å². The zero-order chi connectivity index (χ0) is 12.1. The number of ether oxygens (including phenoxy) is 1. The number of aromatic nitrogens is 2. The first-order valence-electron chi connectivity index (χ1n) is 5.35. The van der Waals surface area contributed by atoms with Gasteiger partial charge >= 0.3 is 0 Å². The summed E-state index contributed by atoms with van der Waals surface area (Å²) in [6.45, 7) is 0.457. The van der Waals surface area contributed by atoms with Crippen molar-refractivity contribution in [1.29, 1.82) is 5.26 Å². The average molecular weight is 227 g/mol. The van der Waals surface area contributed by atoms with Crippen LogP contribution < -0.4 is 4.74 Å². The molecule has 0 unspecified atom stereocenters. The van der Waals surface area contributed by atoms with Crippen molar-refractivity contribution >= 4 is 0 Å². The Hall–Kier alpha value is -2.28. The third-order valence-electron chi connectivity index (χ3n) is 2.36. The lowest BCUT2D eigenvalue weighted by atomic mass is 10.2. The Kier molecular flexibility index (Phi) is 3.41. The van der Waals surface area contributed by atoms with Gasteiger partial charge in [0.15, 0.2) is 0 Å². The molecule has 2 aromatic rings. The molecule has 4 nitrogen and oxygen atoms in total. The van der Waals surface area contributed by atoms with Crippen LogP contribution in [0.2, 0.25) is 0 Å². The monoisotopic (exact) mass is 227 g/mol. The van der Waals surface area contributed by atoms with Crippen LogP contribution in [0.25, 0.3) is 0 Å². The van der Waals surface area contributed by atoms with Crippen molar-refractivity contribution < 1.29 is 4.74 Å². The van der Waals surface area contributed by atoms with Crippen molar-refractivity contribution in [2.75, 3.05) is 0 Å². The number of rotatable bonds is 4. The van der Waals surface area contributed by atoms with Gasteiger partial charge in [-0.2, -0.15) is 10.4 Å². The molecule has 0 N–H and O–H groups in total. The highest BCUT2D eigenvalue weighted by molar-refractivity contribution is 5.28. The lowest BCUT2D eigenvalue weighted by Crippen LogP contribution is -1.98. The fourth-order valence-electron chi connectivity index (χ4n) is 1.49. The van der Waals surface area contributed by atoms with E-state index >= 15 is 0 Å². The maximum Gasteiger partial charge on any atom is 0.132 e. The molecule has 0 aliphatic carbocycles. The van der Waals surface area contributed by atoms with Gasteiger partial charge in [0.1, 0.15) is 12.4 Å². The van der Waals surface area contributed by atoms with E-state index in [1.54, 1.807) is 4.68 Å². The summed E-state index contributed by atoms with van der Waals surface area (Å²) in [4.78, 5) is 0. The first kappa shape index (κ1) is 11.2. The summed E-state index contributed by atoms with van der Waals surface area (Å²) in [6, 6.07) is 11.6. The molecule has 0 aliphatic rings. The Labute approximate surface area is 100 Å². The lowest BCUT2D eigenvalue weighted by molar-refractivity contribution is 0.300. The largest absolute Gasteiger partial charge is 0.487 e. The molecule has 2 rings (SSSR count). The van der Waals surface area contributed by atoms with E-state index in [-0.39, 0.29) is 0 Å². The fraction of sp³-hybridized carbons (Fsp3) is 0.231. The molecular weight excluding hydrogens is 214 g/mol. The van der Waals surface area contributed by atoms with Crippen LogP contribution in [-0.4, -0.2) is 9.78 Å². The molecule has 0 fully saturated rings. The Bertz CT molecular complexity index is 522. The maximum atomic E-state index is 8.55. The molecule has 1 aromatic carbocycles. The predicted octanol–water partition coefficient (Wildman–Crippen LogP) is 2.07. The molecule has 0 saturated carbocycles. The highest BCUT2D eigenvalue weighted by atomic mass is 16.5. The van der Waals surface area contributed by atoms with Gasteiger partial charge in [-0.05, 0) is 23.8 Å². The Morgan fingerprint density at radius 2 is 2.06 bits per heavy atom. The van der Waals surface area contributed by atoms with Gasteiger partial charge in [0.2, 0.25) is 0 Å². The van der Waals surface area contributed by atoms with Crippen LogP contribution >= 0.6 is 0 Å².